The van der Waals surface area contributed by atoms with E-state index in [1.807, 2.05) is 0 Å². The smallest absolute Gasteiger partial charge is 0.303 e. The summed E-state index contributed by atoms with van der Waals surface area (Å²) in [4.78, 5) is 10.0. The fraction of sp³-hybridized carbons (Fsp3) is 0.833. The summed E-state index contributed by atoms with van der Waals surface area (Å²) in [7, 11) is 0. The lowest BCUT2D eigenvalue weighted by atomic mass is 10.0. The van der Waals surface area contributed by atoms with Gasteiger partial charge in [0.15, 0.2) is 0 Å². The number of carbonyl (C=O) groups is 1. The predicted octanol–water partition coefficient (Wildman–Crippen LogP) is 0.213. The van der Waals surface area contributed by atoms with Crippen LogP contribution in [0.3, 0.4) is 0 Å². The van der Waals surface area contributed by atoms with Gasteiger partial charge < -0.3 is 10.4 Å². The van der Waals surface area contributed by atoms with Crippen LogP contribution in [0, 0.1) is 0 Å². The van der Waals surface area contributed by atoms with Crippen LogP contribution < -0.4 is 5.32 Å². The molecule has 0 unspecified atom stereocenters. The Morgan fingerprint density at radius 3 is 2.78 bits per heavy atom. The van der Waals surface area contributed by atoms with Crippen LogP contribution in [0.1, 0.15) is 19.3 Å². The number of carboxylic acid groups (broad SMARTS) is 1. The molecule has 3 heteroatoms. The van der Waals surface area contributed by atoms with Crippen molar-refractivity contribution in [1.82, 2.24) is 5.32 Å². The van der Waals surface area contributed by atoms with Gasteiger partial charge in [-0.25, -0.2) is 0 Å². The van der Waals surface area contributed by atoms with Crippen LogP contribution in [-0.4, -0.2) is 23.7 Å². The second-order valence-corrected chi connectivity index (χ2v) is 2.37. The molecule has 0 aromatic carbocycles. The highest BCUT2D eigenvalue weighted by molar-refractivity contribution is 5.66. The molecule has 0 aromatic rings. The molecule has 1 aliphatic heterocycles. The van der Waals surface area contributed by atoms with Gasteiger partial charge in [0.05, 0.1) is 0 Å². The molecule has 1 aliphatic rings. The minimum atomic E-state index is -0.691. The molecule has 9 heavy (non-hydrogen) atoms. The van der Waals surface area contributed by atoms with Crippen molar-refractivity contribution in [1.29, 1.82) is 0 Å². The molecule has 0 saturated carbocycles. The zero-order valence-electron chi connectivity index (χ0n) is 5.26. The van der Waals surface area contributed by atoms with Crippen molar-refractivity contribution in [2.45, 2.75) is 25.3 Å². The van der Waals surface area contributed by atoms with Crippen molar-refractivity contribution >= 4 is 5.97 Å². The first-order valence-electron chi connectivity index (χ1n) is 3.24. The molecule has 1 fully saturated rings. The quantitative estimate of drug-likeness (QED) is 0.572. The molecule has 1 saturated heterocycles. The molecule has 0 aliphatic carbocycles. The van der Waals surface area contributed by atoms with Gasteiger partial charge >= 0.3 is 5.97 Å². The normalized spacial score (nSPS) is 25.1. The second-order valence-electron chi connectivity index (χ2n) is 2.37. The fourth-order valence-electron chi connectivity index (χ4n) is 0.893. The van der Waals surface area contributed by atoms with Crippen LogP contribution in [0.2, 0.25) is 0 Å². The molecule has 0 amide bonds. The maximum atomic E-state index is 10.0. The average Bonchev–Trinajstić information content (AvgIpc) is 1.60. The zero-order valence-corrected chi connectivity index (χ0v) is 5.26. The van der Waals surface area contributed by atoms with Crippen LogP contribution in [0.4, 0.5) is 0 Å². The highest BCUT2D eigenvalue weighted by Crippen LogP contribution is 2.08. The standard InChI is InChI=1S/C6H11NO2/c8-6(9)2-1-5-3-4-7-5/h5,7H,1-4H2,(H,8,9)/t5-/m1/s1. The third-order valence-electron chi connectivity index (χ3n) is 1.63. The van der Waals surface area contributed by atoms with Crippen LogP contribution in [0.5, 0.6) is 0 Å². The Kier molecular flexibility index (Phi) is 2.05. The number of hydrogen-bond acceptors (Lipinski definition) is 2. The molecule has 3 nitrogen and oxygen atoms in total. The number of nitrogens with one attached hydrogen (secondary N) is 1. The SMILES string of the molecule is O=C(O)CC[C@@H]1CCN1. The van der Waals surface area contributed by atoms with E-state index >= 15 is 0 Å². The van der Waals surface area contributed by atoms with Crippen LogP contribution in [-0.2, 0) is 4.79 Å². The van der Waals surface area contributed by atoms with Crippen LogP contribution >= 0.6 is 0 Å². The fourth-order valence-corrected chi connectivity index (χ4v) is 0.893. The van der Waals surface area contributed by atoms with Gasteiger partial charge in [-0.1, -0.05) is 0 Å². The Morgan fingerprint density at radius 1 is 1.78 bits per heavy atom. The van der Waals surface area contributed by atoms with Crippen molar-refractivity contribution in [3.05, 3.63) is 0 Å². The van der Waals surface area contributed by atoms with E-state index in [4.69, 9.17) is 5.11 Å². The highest BCUT2D eigenvalue weighted by atomic mass is 16.4. The first-order chi connectivity index (χ1) is 4.29. The Labute approximate surface area is 54.1 Å². The van der Waals surface area contributed by atoms with Gasteiger partial charge in [0.1, 0.15) is 0 Å². The Balaban J connectivity index is 1.97. The third kappa shape index (κ3) is 2.01. The first kappa shape index (κ1) is 6.55. The molecule has 1 atom stereocenters. The molecule has 0 bridgehead atoms. The largest absolute Gasteiger partial charge is 0.481 e. The predicted molar refractivity (Wildman–Crippen MR) is 33.3 cm³/mol. The average molecular weight is 129 g/mol. The first-order valence-corrected chi connectivity index (χ1v) is 3.24. The van der Waals surface area contributed by atoms with E-state index in [1.54, 1.807) is 0 Å². The summed E-state index contributed by atoms with van der Waals surface area (Å²) in [5.74, 6) is -0.691. The van der Waals surface area contributed by atoms with E-state index in [1.165, 1.54) is 0 Å². The van der Waals surface area contributed by atoms with Crippen molar-refractivity contribution in [2.24, 2.45) is 0 Å². The Hall–Kier alpha value is -0.570. The molecule has 1 rings (SSSR count). The molecule has 2 N–H and O–H groups in total. The third-order valence-corrected chi connectivity index (χ3v) is 1.63. The van der Waals surface area contributed by atoms with E-state index in [0.717, 1.165) is 19.4 Å². The van der Waals surface area contributed by atoms with E-state index in [2.05, 4.69) is 5.32 Å². The maximum absolute atomic E-state index is 10.0. The zero-order chi connectivity index (χ0) is 6.69. The van der Waals surface area contributed by atoms with E-state index in [9.17, 15) is 4.79 Å². The summed E-state index contributed by atoms with van der Waals surface area (Å²) in [6.45, 7) is 1.06. The summed E-state index contributed by atoms with van der Waals surface area (Å²) < 4.78 is 0. The lowest BCUT2D eigenvalue weighted by Crippen LogP contribution is -2.42. The summed E-state index contributed by atoms with van der Waals surface area (Å²) in [5, 5.41) is 11.4. The van der Waals surface area contributed by atoms with E-state index in [-0.39, 0.29) is 0 Å². The molecule has 0 radical (unpaired) electrons. The number of aliphatic carboxylic acids is 1. The van der Waals surface area contributed by atoms with E-state index in [0.29, 0.717) is 12.5 Å². The summed E-state index contributed by atoms with van der Waals surface area (Å²) >= 11 is 0. The van der Waals surface area contributed by atoms with Gasteiger partial charge in [-0.05, 0) is 19.4 Å². The molecule has 0 aromatic heterocycles. The molecule has 52 valence electrons. The van der Waals surface area contributed by atoms with Crippen molar-refractivity contribution in [3.63, 3.8) is 0 Å². The van der Waals surface area contributed by atoms with Gasteiger partial charge in [-0.2, -0.15) is 0 Å². The topological polar surface area (TPSA) is 49.3 Å². The van der Waals surface area contributed by atoms with Crippen molar-refractivity contribution in [3.8, 4) is 0 Å². The summed E-state index contributed by atoms with van der Waals surface area (Å²) in [5.41, 5.74) is 0. The Bertz CT molecular complexity index is 110. The maximum Gasteiger partial charge on any atom is 0.303 e. The van der Waals surface area contributed by atoms with Gasteiger partial charge in [0.2, 0.25) is 0 Å². The van der Waals surface area contributed by atoms with Crippen LogP contribution in [0.15, 0.2) is 0 Å². The molecule has 1 heterocycles. The summed E-state index contributed by atoms with van der Waals surface area (Å²) in [6, 6.07) is 0.487. The van der Waals surface area contributed by atoms with Crippen molar-refractivity contribution in [2.75, 3.05) is 6.54 Å². The van der Waals surface area contributed by atoms with Gasteiger partial charge in [0, 0.05) is 12.5 Å². The highest BCUT2D eigenvalue weighted by Gasteiger charge is 2.16. The number of carboxylic acids is 1. The van der Waals surface area contributed by atoms with E-state index < -0.39 is 5.97 Å². The molecular formula is C6H11NO2. The minimum absolute atomic E-state index is 0.303. The summed E-state index contributed by atoms with van der Waals surface area (Å²) in [6.07, 6.45) is 2.24. The Morgan fingerprint density at radius 2 is 2.44 bits per heavy atom. The van der Waals surface area contributed by atoms with Gasteiger partial charge in [0.25, 0.3) is 0 Å². The molecule has 0 spiro atoms. The van der Waals surface area contributed by atoms with Crippen LogP contribution in [0.25, 0.3) is 0 Å². The molecular weight excluding hydrogens is 118 g/mol. The minimum Gasteiger partial charge on any atom is -0.481 e. The number of hydrogen-bond donors (Lipinski definition) is 2. The lowest BCUT2D eigenvalue weighted by molar-refractivity contribution is -0.137. The van der Waals surface area contributed by atoms with Gasteiger partial charge in [-0.15, -0.1) is 0 Å². The van der Waals surface area contributed by atoms with Gasteiger partial charge in [-0.3, -0.25) is 4.79 Å². The van der Waals surface area contributed by atoms with Crippen molar-refractivity contribution < 1.29 is 9.90 Å². The monoisotopic (exact) mass is 129 g/mol. The lowest BCUT2D eigenvalue weighted by Gasteiger charge is -2.26. The number of rotatable bonds is 3. The second kappa shape index (κ2) is 2.82.